The molecule has 4 rings (SSSR count). The van der Waals surface area contributed by atoms with E-state index in [2.05, 4.69) is 4.98 Å². The Balaban J connectivity index is 1.58. The van der Waals surface area contributed by atoms with Gasteiger partial charge in [-0.3, -0.25) is 4.79 Å². The van der Waals surface area contributed by atoms with Crippen LogP contribution in [0.5, 0.6) is 11.6 Å². The fraction of sp³-hybridized carbons (Fsp3) is 0.143. The molecule has 130 valence electrons. The predicted molar refractivity (Wildman–Crippen MR) is 100 cm³/mol. The van der Waals surface area contributed by atoms with Crippen LogP contribution in [0.4, 0.5) is 5.69 Å². The van der Waals surface area contributed by atoms with Gasteiger partial charge in [-0.05, 0) is 42.3 Å². The quantitative estimate of drug-likeness (QED) is 0.787. The number of nitrogen functional groups attached to an aromatic ring is 1. The first-order chi connectivity index (χ1) is 12.7. The fourth-order valence-electron chi connectivity index (χ4n) is 3.20. The highest BCUT2D eigenvalue weighted by atomic mass is 16.5. The molecule has 1 aromatic heterocycles. The molecule has 2 N–H and O–H groups in total. The number of carbonyl (C=O) groups is 1. The van der Waals surface area contributed by atoms with Crippen molar-refractivity contribution in [3.8, 4) is 11.6 Å². The van der Waals surface area contributed by atoms with Crippen LogP contribution in [-0.2, 0) is 13.0 Å². The average Bonchev–Trinajstić information content (AvgIpc) is 2.69. The molecular weight excluding hydrogens is 326 g/mol. The highest BCUT2D eigenvalue weighted by Crippen LogP contribution is 2.32. The van der Waals surface area contributed by atoms with Crippen molar-refractivity contribution in [1.29, 1.82) is 0 Å². The van der Waals surface area contributed by atoms with Gasteiger partial charge in [0.2, 0.25) is 5.88 Å². The highest BCUT2D eigenvalue weighted by molar-refractivity contribution is 5.94. The van der Waals surface area contributed by atoms with Crippen LogP contribution in [0.15, 0.2) is 66.9 Å². The van der Waals surface area contributed by atoms with Crippen LogP contribution in [0.25, 0.3) is 0 Å². The van der Waals surface area contributed by atoms with E-state index in [1.54, 1.807) is 18.3 Å². The zero-order valence-electron chi connectivity index (χ0n) is 14.3. The molecule has 2 aromatic carbocycles. The van der Waals surface area contributed by atoms with Crippen LogP contribution in [0, 0.1) is 0 Å². The second-order valence-corrected chi connectivity index (χ2v) is 6.24. The molecule has 5 heteroatoms. The molecule has 0 fully saturated rings. The number of ether oxygens (including phenoxy) is 1. The number of hydrogen-bond donors (Lipinski definition) is 1. The minimum Gasteiger partial charge on any atom is -0.437 e. The first kappa shape index (κ1) is 16.1. The lowest BCUT2D eigenvalue weighted by Crippen LogP contribution is -2.36. The Morgan fingerprint density at radius 2 is 1.88 bits per heavy atom. The van der Waals surface area contributed by atoms with Crippen molar-refractivity contribution in [3.05, 3.63) is 83.6 Å². The summed E-state index contributed by atoms with van der Waals surface area (Å²) in [6.07, 6.45) is 2.39. The van der Waals surface area contributed by atoms with E-state index in [1.165, 1.54) is 0 Å². The summed E-state index contributed by atoms with van der Waals surface area (Å²) < 4.78 is 5.95. The first-order valence-electron chi connectivity index (χ1n) is 8.56. The second kappa shape index (κ2) is 6.88. The van der Waals surface area contributed by atoms with E-state index >= 15 is 0 Å². The van der Waals surface area contributed by atoms with Gasteiger partial charge in [-0.15, -0.1) is 0 Å². The van der Waals surface area contributed by atoms with E-state index in [9.17, 15) is 4.79 Å². The summed E-state index contributed by atoms with van der Waals surface area (Å²) in [6, 6.07) is 18.8. The summed E-state index contributed by atoms with van der Waals surface area (Å²) in [4.78, 5) is 18.8. The van der Waals surface area contributed by atoms with Gasteiger partial charge >= 0.3 is 0 Å². The third kappa shape index (κ3) is 3.11. The Morgan fingerprint density at radius 1 is 1.04 bits per heavy atom. The van der Waals surface area contributed by atoms with Gasteiger partial charge in [-0.1, -0.05) is 30.3 Å². The number of hydrogen-bond acceptors (Lipinski definition) is 4. The Morgan fingerprint density at radius 3 is 2.69 bits per heavy atom. The molecule has 0 aliphatic carbocycles. The predicted octanol–water partition coefficient (Wildman–Crippen LogP) is 3.65. The van der Waals surface area contributed by atoms with Crippen molar-refractivity contribution < 1.29 is 9.53 Å². The molecule has 5 nitrogen and oxygen atoms in total. The molecule has 3 aromatic rings. The van der Waals surface area contributed by atoms with Crippen LogP contribution in [0.1, 0.15) is 21.5 Å². The van der Waals surface area contributed by atoms with E-state index in [-0.39, 0.29) is 5.91 Å². The number of nitrogens with zero attached hydrogens (tertiary/aromatic N) is 2. The van der Waals surface area contributed by atoms with Gasteiger partial charge in [0.25, 0.3) is 5.91 Å². The largest absolute Gasteiger partial charge is 0.437 e. The maximum atomic E-state index is 12.7. The molecule has 26 heavy (non-hydrogen) atoms. The molecule has 1 aliphatic heterocycles. The van der Waals surface area contributed by atoms with Crippen molar-refractivity contribution in [3.63, 3.8) is 0 Å². The van der Waals surface area contributed by atoms with Crippen LogP contribution in [0.2, 0.25) is 0 Å². The van der Waals surface area contributed by atoms with E-state index in [0.29, 0.717) is 30.2 Å². The second-order valence-electron chi connectivity index (χ2n) is 6.24. The third-order valence-electron chi connectivity index (χ3n) is 4.54. The van der Waals surface area contributed by atoms with Crippen molar-refractivity contribution in [2.75, 3.05) is 12.3 Å². The molecule has 0 bridgehead atoms. The van der Waals surface area contributed by atoms with Gasteiger partial charge in [0, 0.05) is 30.4 Å². The lowest BCUT2D eigenvalue weighted by molar-refractivity contribution is 0.0734. The van der Waals surface area contributed by atoms with Gasteiger partial charge in [0.15, 0.2) is 0 Å². The summed E-state index contributed by atoms with van der Waals surface area (Å²) in [7, 11) is 0. The lowest BCUT2D eigenvalue weighted by Gasteiger charge is -2.30. The fourth-order valence-corrected chi connectivity index (χ4v) is 3.20. The topological polar surface area (TPSA) is 68.5 Å². The lowest BCUT2D eigenvalue weighted by atomic mass is 9.98. The molecule has 2 heterocycles. The number of pyridine rings is 1. The first-order valence-corrected chi connectivity index (χ1v) is 8.56. The number of nitrogens with two attached hydrogens (primary N) is 1. The van der Waals surface area contributed by atoms with E-state index < -0.39 is 0 Å². The molecule has 0 saturated heterocycles. The average molecular weight is 345 g/mol. The number of carbonyl (C=O) groups excluding carboxylic acids is 1. The normalized spacial score (nSPS) is 13.2. The molecular formula is C21H19N3O2. The summed E-state index contributed by atoms with van der Waals surface area (Å²) in [5, 5.41) is 0. The summed E-state index contributed by atoms with van der Waals surface area (Å²) in [5.41, 5.74) is 9.34. The van der Waals surface area contributed by atoms with Crippen molar-refractivity contribution in [1.82, 2.24) is 9.88 Å². The summed E-state index contributed by atoms with van der Waals surface area (Å²) in [6.45, 7) is 1.22. The highest BCUT2D eigenvalue weighted by Gasteiger charge is 2.24. The Bertz CT molecular complexity index is 941. The zero-order chi connectivity index (χ0) is 17.9. The minimum absolute atomic E-state index is 0.0524. The number of amides is 1. The van der Waals surface area contributed by atoms with Gasteiger partial charge < -0.3 is 15.4 Å². The van der Waals surface area contributed by atoms with E-state index in [1.807, 2.05) is 53.4 Å². The number of rotatable bonds is 3. The number of fused-ring (bicyclic) bond motifs is 1. The molecule has 0 saturated carbocycles. The molecule has 0 atom stereocenters. The molecule has 0 radical (unpaired) electrons. The van der Waals surface area contributed by atoms with Crippen molar-refractivity contribution in [2.24, 2.45) is 0 Å². The SMILES string of the molecule is Nc1cccnc1Oc1cccc2c1CCN(C(=O)c1ccccc1)C2. The maximum absolute atomic E-state index is 12.7. The minimum atomic E-state index is 0.0524. The zero-order valence-corrected chi connectivity index (χ0v) is 14.3. The molecule has 1 amide bonds. The Kier molecular flexibility index (Phi) is 4.27. The number of aromatic nitrogens is 1. The number of anilines is 1. The standard InChI is InChI=1S/C21H19N3O2/c22-18-9-5-12-23-20(18)26-19-10-4-8-16-14-24(13-11-17(16)19)21(25)15-6-2-1-3-7-15/h1-10,12H,11,13-14,22H2. The van der Waals surface area contributed by atoms with Crippen LogP contribution < -0.4 is 10.5 Å². The molecule has 0 spiro atoms. The molecule has 0 unspecified atom stereocenters. The summed E-state index contributed by atoms with van der Waals surface area (Å²) >= 11 is 0. The van der Waals surface area contributed by atoms with Crippen LogP contribution >= 0.6 is 0 Å². The van der Waals surface area contributed by atoms with Gasteiger partial charge in [0.05, 0.1) is 5.69 Å². The monoisotopic (exact) mass is 345 g/mol. The van der Waals surface area contributed by atoms with Crippen LogP contribution in [0.3, 0.4) is 0 Å². The van der Waals surface area contributed by atoms with E-state index in [4.69, 9.17) is 10.5 Å². The maximum Gasteiger partial charge on any atom is 0.254 e. The van der Waals surface area contributed by atoms with Gasteiger partial charge in [-0.2, -0.15) is 0 Å². The smallest absolute Gasteiger partial charge is 0.254 e. The van der Waals surface area contributed by atoms with Crippen molar-refractivity contribution >= 4 is 11.6 Å². The van der Waals surface area contributed by atoms with E-state index in [0.717, 1.165) is 23.3 Å². The van der Waals surface area contributed by atoms with Gasteiger partial charge in [0.1, 0.15) is 5.75 Å². The molecule has 1 aliphatic rings. The van der Waals surface area contributed by atoms with Crippen molar-refractivity contribution in [2.45, 2.75) is 13.0 Å². The number of benzene rings is 2. The third-order valence-corrected chi connectivity index (χ3v) is 4.54. The Hall–Kier alpha value is -3.34. The Labute approximate surface area is 152 Å². The summed E-state index contributed by atoms with van der Waals surface area (Å²) in [5.74, 6) is 1.21. The van der Waals surface area contributed by atoms with Gasteiger partial charge in [-0.25, -0.2) is 4.98 Å². The van der Waals surface area contributed by atoms with Crippen LogP contribution in [-0.4, -0.2) is 22.3 Å².